The fraction of sp³-hybridized carbons (Fsp3) is 0.400. The van der Waals surface area contributed by atoms with Gasteiger partial charge in [-0.15, -0.1) is 0 Å². The normalized spacial score (nSPS) is 14.4. The SMILES string of the molecule is Cn1c(Nc2ccc(I)cc2F)c(C(=O)NOC[C@H](O)CCO)c2c1C(=O)CCC2. The summed E-state index contributed by atoms with van der Waals surface area (Å²) in [5, 5.41) is 21.4. The monoisotopic (exact) mass is 531 g/mol. The van der Waals surface area contributed by atoms with Gasteiger partial charge in [-0.05, 0) is 65.6 Å². The number of anilines is 2. The molecule has 1 amide bonds. The number of aromatic nitrogens is 1. The lowest BCUT2D eigenvalue weighted by Gasteiger charge is -2.14. The summed E-state index contributed by atoms with van der Waals surface area (Å²) in [6.07, 6.45) is 0.711. The lowest BCUT2D eigenvalue weighted by molar-refractivity contribution is -0.0188. The highest BCUT2D eigenvalue weighted by Gasteiger charge is 2.32. The van der Waals surface area contributed by atoms with Gasteiger partial charge in [0.25, 0.3) is 5.91 Å². The van der Waals surface area contributed by atoms with E-state index in [9.17, 15) is 19.1 Å². The van der Waals surface area contributed by atoms with Crippen molar-refractivity contribution < 1.29 is 29.0 Å². The predicted molar refractivity (Wildman–Crippen MR) is 116 cm³/mol. The number of benzene rings is 1. The smallest absolute Gasteiger partial charge is 0.278 e. The summed E-state index contributed by atoms with van der Waals surface area (Å²) >= 11 is 2.00. The second-order valence-electron chi connectivity index (χ2n) is 7.04. The Balaban J connectivity index is 1.93. The van der Waals surface area contributed by atoms with Crippen LogP contribution in [0.5, 0.6) is 0 Å². The zero-order chi connectivity index (χ0) is 21.8. The number of ketones is 1. The maximum Gasteiger partial charge on any atom is 0.278 e. The molecule has 10 heteroatoms. The molecule has 0 unspecified atom stereocenters. The number of carbonyl (C=O) groups is 2. The molecular formula is C20H23FIN3O5. The lowest BCUT2D eigenvalue weighted by Crippen LogP contribution is -2.30. The standard InChI is InChI=1S/C20H23FIN3O5/c1-25-18-13(3-2-4-16(18)28)17(20(29)24-30-10-12(27)7-8-26)19(25)23-15-6-5-11(22)9-14(15)21/h5-6,9,12,23,26-27H,2-4,7-8,10H2,1H3,(H,24,29)/t12-/m1/s1. The Morgan fingerprint density at radius 1 is 1.40 bits per heavy atom. The molecule has 162 valence electrons. The Bertz CT molecular complexity index is 962. The van der Waals surface area contributed by atoms with Gasteiger partial charge < -0.3 is 20.1 Å². The third kappa shape index (κ3) is 4.82. The molecule has 1 aromatic heterocycles. The number of Topliss-reactive ketones (excluding diaryl/α,β-unsaturated/α-hetero) is 1. The summed E-state index contributed by atoms with van der Waals surface area (Å²) in [5.41, 5.74) is 3.65. The van der Waals surface area contributed by atoms with Crippen LogP contribution in [0.2, 0.25) is 0 Å². The van der Waals surface area contributed by atoms with E-state index < -0.39 is 17.8 Å². The van der Waals surface area contributed by atoms with Crippen molar-refractivity contribution in [1.29, 1.82) is 0 Å². The lowest BCUT2D eigenvalue weighted by atomic mass is 9.93. The average Bonchev–Trinajstić information content (AvgIpc) is 2.97. The van der Waals surface area contributed by atoms with E-state index in [-0.39, 0.29) is 42.5 Å². The summed E-state index contributed by atoms with van der Waals surface area (Å²) in [5.74, 6) is -0.885. The third-order valence-corrected chi connectivity index (χ3v) is 5.58. The summed E-state index contributed by atoms with van der Waals surface area (Å²) < 4.78 is 16.7. The van der Waals surface area contributed by atoms with Crippen LogP contribution in [0.15, 0.2) is 18.2 Å². The van der Waals surface area contributed by atoms with Crippen molar-refractivity contribution in [3.05, 3.63) is 44.4 Å². The van der Waals surface area contributed by atoms with E-state index >= 15 is 0 Å². The van der Waals surface area contributed by atoms with Crippen molar-refractivity contribution in [2.45, 2.75) is 31.8 Å². The number of halogens is 2. The highest BCUT2D eigenvalue weighted by Crippen LogP contribution is 2.35. The van der Waals surface area contributed by atoms with Gasteiger partial charge >= 0.3 is 0 Å². The molecule has 0 bridgehead atoms. The highest BCUT2D eigenvalue weighted by atomic mass is 127. The third-order valence-electron chi connectivity index (χ3n) is 4.90. The summed E-state index contributed by atoms with van der Waals surface area (Å²) in [4.78, 5) is 30.5. The van der Waals surface area contributed by atoms with Crippen molar-refractivity contribution >= 4 is 45.8 Å². The highest BCUT2D eigenvalue weighted by molar-refractivity contribution is 14.1. The molecule has 30 heavy (non-hydrogen) atoms. The largest absolute Gasteiger partial charge is 0.396 e. The van der Waals surface area contributed by atoms with E-state index in [0.29, 0.717) is 30.5 Å². The Labute approximate surface area is 186 Å². The molecule has 0 aliphatic heterocycles. The molecule has 1 heterocycles. The second-order valence-corrected chi connectivity index (χ2v) is 8.29. The Morgan fingerprint density at radius 2 is 2.17 bits per heavy atom. The van der Waals surface area contributed by atoms with Gasteiger partial charge in [-0.3, -0.25) is 14.4 Å². The Hall–Kier alpha value is -2.02. The van der Waals surface area contributed by atoms with E-state index in [1.54, 1.807) is 23.7 Å². The van der Waals surface area contributed by atoms with E-state index in [4.69, 9.17) is 9.94 Å². The van der Waals surface area contributed by atoms with Gasteiger partial charge in [-0.1, -0.05) is 0 Å². The first-order chi connectivity index (χ1) is 14.3. The predicted octanol–water partition coefficient (Wildman–Crippen LogP) is 2.44. The van der Waals surface area contributed by atoms with Crippen LogP contribution in [0.4, 0.5) is 15.9 Å². The van der Waals surface area contributed by atoms with Gasteiger partial charge in [0.15, 0.2) is 5.78 Å². The zero-order valence-corrected chi connectivity index (χ0v) is 18.5. The minimum atomic E-state index is -0.931. The van der Waals surface area contributed by atoms with Crippen LogP contribution in [0.3, 0.4) is 0 Å². The number of hydrogen-bond acceptors (Lipinski definition) is 6. The molecule has 1 aliphatic rings. The summed E-state index contributed by atoms with van der Waals surface area (Å²) in [7, 11) is 1.65. The topological polar surface area (TPSA) is 113 Å². The molecule has 0 spiro atoms. The van der Waals surface area contributed by atoms with Crippen molar-refractivity contribution in [3.8, 4) is 0 Å². The number of rotatable bonds is 8. The van der Waals surface area contributed by atoms with Crippen molar-refractivity contribution in [3.63, 3.8) is 0 Å². The quantitative estimate of drug-likeness (QED) is 0.308. The molecule has 1 aromatic carbocycles. The number of fused-ring (bicyclic) bond motifs is 1. The van der Waals surface area contributed by atoms with Gasteiger partial charge in [0.05, 0.1) is 23.0 Å². The van der Waals surface area contributed by atoms with E-state index in [0.717, 1.165) is 3.57 Å². The maximum absolute atomic E-state index is 14.4. The molecular weight excluding hydrogens is 508 g/mol. The molecule has 1 aliphatic carbocycles. The molecule has 4 N–H and O–H groups in total. The molecule has 0 radical (unpaired) electrons. The number of aliphatic hydroxyl groups is 2. The molecule has 0 saturated heterocycles. The van der Waals surface area contributed by atoms with Gasteiger partial charge in [0.2, 0.25) is 0 Å². The number of amides is 1. The van der Waals surface area contributed by atoms with Crippen LogP contribution in [0, 0.1) is 9.39 Å². The number of aliphatic hydroxyl groups excluding tert-OH is 2. The molecule has 8 nitrogen and oxygen atoms in total. The fourth-order valence-corrected chi connectivity index (χ4v) is 3.94. The van der Waals surface area contributed by atoms with Crippen LogP contribution in [0.25, 0.3) is 0 Å². The van der Waals surface area contributed by atoms with E-state index in [1.807, 2.05) is 22.6 Å². The van der Waals surface area contributed by atoms with Crippen LogP contribution in [-0.4, -0.2) is 45.8 Å². The van der Waals surface area contributed by atoms with E-state index in [1.165, 1.54) is 6.07 Å². The van der Waals surface area contributed by atoms with Crippen LogP contribution >= 0.6 is 22.6 Å². The molecule has 3 rings (SSSR count). The first kappa shape index (κ1) is 22.7. The first-order valence-corrected chi connectivity index (χ1v) is 10.6. The number of hydrogen-bond donors (Lipinski definition) is 4. The first-order valence-electron chi connectivity index (χ1n) is 9.51. The zero-order valence-electron chi connectivity index (χ0n) is 16.4. The van der Waals surface area contributed by atoms with Gasteiger partial charge in [-0.2, -0.15) is 0 Å². The minimum absolute atomic E-state index is 0.0804. The van der Waals surface area contributed by atoms with E-state index in [2.05, 4.69) is 10.8 Å². The number of carbonyl (C=O) groups excluding carboxylic acids is 2. The van der Waals surface area contributed by atoms with Crippen LogP contribution < -0.4 is 10.8 Å². The summed E-state index contributed by atoms with van der Waals surface area (Å²) in [6.45, 7) is -0.406. The average molecular weight is 531 g/mol. The van der Waals surface area contributed by atoms with Crippen molar-refractivity contribution in [2.24, 2.45) is 7.05 Å². The number of nitrogens with zero attached hydrogens (tertiary/aromatic N) is 1. The minimum Gasteiger partial charge on any atom is -0.396 e. The maximum atomic E-state index is 14.4. The number of nitrogens with one attached hydrogen (secondary N) is 2. The Kier molecular flexibility index (Phi) is 7.45. The van der Waals surface area contributed by atoms with Crippen molar-refractivity contribution in [1.82, 2.24) is 10.0 Å². The summed E-state index contributed by atoms with van der Waals surface area (Å²) in [6, 6.07) is 4.65. The second kappa shape index (κ2) is 9.86. The fourth-order valence-electron chi connectivity index (χ4n) is 3.48. The van der Waals surface area contributed by atoms with Crippen molar-refractivity contribution in [2.75, 3.05) is 18.5 Å². The van der Waals surface area contributed by atoms with Gasteiger partial charge in [-0.25, -0.2) is 9.87 Å². The van der Waals surface area contributed by atoms with Gasteiger partial charge in [0, 0.05) is 23.6 Å². The molecule has 0 saturated carbocycles. The molecule has 1 atom stereocenters. The van der Waals surface area contributed by atoms with Crippen LogP contribution in [0.1, 0.15) is 45.7 Å². The Morgan fingerprint density at radius 3 is 2.87 bits per heavy atom. The molecule has 2 aromatic rings. The molecule has 0 fully saturated rings. The van der Waals surface area contributed by atoms with Gasteiger partial charge in [0.1, 0.15) is 18.2 Å². The number of hydroxylamine groups is 1. The van der Waals surface area contributed by atoms with Crippen LogP contribution in [-0.2, 0) is 18.3 Å².